The number of aromatic nitrogens is 2. The van der Waals surface area contributed by atoms with Gasteiger partial charge >= 0.3 is 5.97 Å². The number of amides is 3. The number of nitrogens with one attached hydrogen (secondary N) is 4. The summed E-state index contributed by atoms with van der Waals surface area (Å²) in [6, 6.07) is -1.94. The second kappa shape index (κ2) is 23.7. The van der Waals surface area contributed by atoms with Crippen LogP contribution in [0, 0.1) is 0 Å². The summed E-state index contributed by atoms with van der Waals surface area (Å²) in [5.74, 6) is -2.49. The van der Waals surface area contributed by atoms with Crippen LogP contribution in [-0.2, 0) is 25.6 Å². The molecule has 3 amide bonds. The molecular weight excluding hydrogens is 524 g/mol. The Morgan fingerprint density at radius 2 is 1.41 bits per heavy atom. The molecule has 0 saturated heterocycles. The summed E-state index contributed by atoms with van der Waals surface area (Å²) in [6.45, 7) is 2.33. The molecule has 0 fully saturated rings. The van der Waals surface area contributed by atoms with Crippen molar-refractivity contribution in [1.29, 1.82) is 0 Å². The molecule has 234 valence electrons. The average Bonchev–Trinajstić information content (AvgIpc) is 3.46. The molecule has 1 heterocycles. The van der Waals surface area contributed by atoms with Crippen molar-refractivity contribution in [3.05, 3.63) is 18.2 Å². The number of aliphatic carboxylic acids is 1. The first kappa shape index (κ1) is 36.1. The van der Waals surface area contributed by atoms with E-state index in [0.29, 0.717) is 37.9 Å². The molecule has 0 aliphatic carbocycles. The largest absolute Gasteiger partial charge is 0.480 e. The molecule has 0 spiro atoms. The van der Waals surface area contributed by atoms with Crippen LogP contribution in [0.2, 0.25) is 0 Å². The Bertz CT molecular complexity index is 848. The summed E-state index contributed by atoms with van der Waals surface area (Å²) >= 11 is 0. The second-order valence-electron chi connectivity index (χ2n) is 10.9. The Kier molecular flexibility index (Phi) is 20.9. The van der Waals surface area contributed by atoms with E-state index >= 15 is 0 Å². The molecule has 7 N–H and O–H groups in total. The van der Waals surface area contributed by atoms with Gasteiger partial charge in [0.05, 0.1) is 12.9 Å². The quantitative estimate of drug-likeness (QED) is 0.0906. The van der Waals surface area contributed by atoms with E-state index in [1.165, 1.54) is 76.7 Å². The van der Waals surface area contributed by atoms with Crippen molar-refractivity contribution in [2.75, 3.05) is 13.1 Å². The standard InChI is InChI=1S/C30H54N6O5/c1-2-3-4-5-6-7-8-9-10-11-12-13-14-18-27(37)35-25(17-15-16-19-31)29(39)33-22-28(38)36-26(30(40)41)20-24-21-32-23-34-24/h21,23,25-26H,2-20,22,31H2,1H3,(H,32,34)(H,33,39)(H,35,37)(H,36,38)(H,40,41). The minimum absolute atomic E-state index is 0.0337. The van der Waals surface area contributed by atoms with Gasteiger partial charge in [-0.3, -0.25) is 14.4 Å². The molecule has 0 aliphatic rings. The van der Waals surface area contributed by atoms with E-state index in [2.05, 4.69) is 32.8 Å². The van der Waals surface area contributed by atoms with E-state index in [1.807, 2.05) is 0 Å². The molecule has 2 unspecified atom stereocenters. The second-order valence-corrected chi connectivity index (χ2v) is 10.9. The summed E-state index contributed by atoms with van der Waals surface area (Å²) in [7, 11) is 0. The average molecular weight is 579 g/mol. The van der Waals surface area contributed by atoms with Crippen molar-refractivity contribution in [2.45, 2.75) is 135 Å². The van der Waals surface area contributed by atoms with Gasteiger partial charge in [0, 0.05) is 24.7 Å². The first-order valence-corrected chi connectivity index (χ1v) is 15.6. The van der Waals surface area contributed by atoms with Gasteiger partial charge < -0.3 is 31.8 Å². The Morgan fingerprint density at radius 3 is 1.95 bits per heavy atom. The lowest BCUT2D eigenvalue weighted by atomic mass is 10.0. The van der Waals surface area contributed by atoms with Crippen molar-refractivity contribution in [2.24, 2.45) is 5.73 Å². The van der Waals surface area contributed by atoms with E-state index in [9.17, 15) is 24.3 Å². The summed E-state index contributed by atoms with van der Waals surface area (Å²) in [5.41, 5.74) is 6.14. The van der Waals surface area contributed by atoms with E-state index < -0.39 is 36.4 Å². The molecule has 41 heavy (non-hydrogen) atoms. The number of imidazole rings is 1. The van der Waals surface area contributed by atoms with E-state index in [-0.39, 0.29) is 12.3 Å². The number of H-pyrrole nitrogens is 1. The summed E-state index contributed by atoms with van der Waals surface area (Å²) < 4.78 is 0. The third-order valence-electron chi connectivity index (χ3n) is 7.14. The van der Waals surface area contributed by atoms with Gasteiger partial charge in [-0.05, 0) is 32.2 Å². The predicted molar refractivity (Wildman–Crippen MR) is 160 cm³/mol. The van der Waals surface area contributed by atoms with E-state index in [0.717, 1.165) is 19.3 Å². The molecule has 0 aliphatic heterocycles. The molecular formula is C30H54N6O5. The zero-order chi connectivity index (χ0) is 30.1. The third kappa shape index (κ3) is 18.9. The van der Waals surface area contributed by atoms with Crippen LogP contribution in [0.25, 0.3) is 0 Å². The van der Waals surface area contributed by atoms with Crippen LogP contribution < -0.4 is 21.7 Å². The summed E-state index contributed by atoms with van der Waals surface area (Å²) in [5, 5.41) is 17.1. The molecule has 1 aromatic rings. The van der Waals surface area contributed by atoms with Crippen molar-refractivity contribution < 1.29 is 24.3 Å². The molecule has 0 radical (unpaired) electrons. The van der Waals surface area contributed by atoms with Crippen molar-refractivity contribution in [1.82, 2.24) is 25.9 Å². The smallest absolute Gasteiger partial charge is 0.326 e. The number of aromatic amines is 1. The normalized spacial score (nSPS) is 12.4. The maximum absolute atomic E-state index is 12.8. The maximum Gasteiger partial charge on any atom is 0.326 e. The number of nitrogens with two attached hydrogens (primary N) is 1. The Hall–Kier alpha value is -2.95. The number of carboxylic acids is 1. The first-order valence-electron chi connectivity index (χ1n) is 15.6. The molecule has 1 aromatic heterocycles. The van der Waals surface area contributed by atoms with Gasteiger partial charge in [-0.1, -0.05) is 84.0 Å². The van der Waals surface area contributed by atoms with E-state index in [1.54, 1.807) is 0 Å². The summed E-state index contributed by atoms with van der Waals surface area (Å²) in [6.07, 6.45) is 21.0. The van der Waals surface area contributed by atoms with Gasteiger partial charge in [0.15, 0.2) is 0 Å². The van der Waals surface area contributed by atoms with Gasteiger partial charge in [0.25, 0.3) is 0 Å². The highest BCUT2D eigenvalue weighted by molar-refractivity contribution is 5.91. The van der Waals surface area contributed by atoms with Crippen LogP contribution in [0.1, 0.15) is 122 Å². The highest BCUT2D eigenvalue weighted by Crippen LogP contribution is 2.13. The molecule has 11 heteroatoms. The van der Waals surface area contributed by atoms with Gasteiger partial charge in [-0.25, -0.2) is 9.78 Å². The zero-order valence-corrected chi connectivity index (χ0v) is 25.1. The highest BCUT2D eigenvalue weighted by atomic mass is 16.4. The number of nitrogens with zero attached hydrogens (tertiary/aromatic N) is 1. The monoisotopic (exact) mass is 578 g/mol. The van der Waals surface area contributed by atoms with Crippen molar-refractivity contribution in [3.8, 4) is 0 Å². The van der Waals surface area contributed by atoms with Gasteiger partial charge in [-0.15, -0.1) is 0 Å². The van der Waals surface area contributed by atoms with Crippen molar-refractivity contribution >= 4 is 23.7 Å². The number of carbonyl (C=O) groups excluding carboxylic acids is 3. The lowest BCUT2D eigenvalue weighted by Gasteiger charge is -2.19. The summed E-state index contributed by atoms with van der Waals surface area (Å²) in [4.78, 5) is 55.8. The van der Waals surface area contributed by atoms with Crippen LogP contribution in [0.15, 0.2) is 12.5 Å². The highest BCUT2D eigenvalue weighted by Gasteiger charge is 2.23. The lowest BCUT2D eigenvalue weighted by molar-refractivity contribution is -0.141. The number of rotatable bonds is 26. The Balaban J connectivity index is 2.30. The Labute approximate surface area is 245 Å². The minimum atomic E-state index is -1.20. The SMILES string of the molecule is CCCCCCCCCCCCCCCC(=O)NC(CCCCN)C(=O)NCC(=O)NC(Cc1cnc[nH]1)C(=O)O. The third-order valence-corrected chi connectivity index (χ3v) is 7.14. The van der Waals surface area contributed by atoms with E-state index in [4.69, 9.17) is 5.73 Å². The fraction of sp³-hybridized carbons (Fsp3) is 0.767. The molecule has 11 nitrogen and oxygen atoms in total. The van der Waals surface area contributed by atoms with Crippen LogP contribution in [0.5, 0.6) is 0 Å². The van der Waals surface area contributed by atoms with Crippen LogP contribution >= 0.6 is 0 Å². The van der Waals surface area contributed by atoms with Crippen molar-refractivity contribution in [3.63, 3.8) is 0 Å². The van der Waals surface area contributed by atoms with Crippen LogP contribution in [-0.4, -0.2) is 63.9 Å². The number of carboxylic acid groups (broad SMARTS) is 1. The van der Waals surface area contributed by atoms with Crippen LogP contribution in [0.3, 0.4) is 0 Å². The number of hydrogen-bond acceptors (Lipinski definition) is 6. The molecule has 0 aromatic carbocycles. The fourth-order valence-corrected chi connectivity index (χ4v) is 4.68. The molecule has 2 atom stereocenters. The predicted octanol–water partition coefficient (Wildman–Crippen LogP) is 3.73. The number of carbonyl (C=O) groups is 4. The zero-order valence-electron chi connectivity index (χ0n) is 25.1. The fourth-order valence-electron chi connectivity index (χ4n) is 4.68. The van der Waals surface area contributed by atoms with Gasteiger partial charge in [-0.2, -0.15) is 0 Å². The molecule has 1 rings (SSSR count). The lowest BCUT2D eigenvalue weighted by Crippen LogP contribution is -2.51. The number of unbranched alkanes of at least 4 members (excludes halogenated alkanes) is 13. The van der Waals surface area contributed by atoms with Gasteiger partial charge in [0.1, 0.15) is 12.1 Å². The molecule has 0 saturated carbocycles. The molecule has 0 bridgehead atoms. The maximum atomic E-state index is 12.8. The minimum Gasteiger partial charge on any atom is -0.480 e. The van der Waals surface area contributed by atoms with Crippen LogP contribution in [0.4, 0.5) is 0 Å². The van der Waals surface area contributed by atoms with Gasteiger partial charge in [0.2, 0.25) is 17.7 Å². The Morgan fingerprint density at radius 1 is 0.829 bits per heavy atom. The number of hydrogen-bond donors (Lipinski definition) is 6. The topological polar surface area (TPSA) is 179 Å². The first-order chi connectivity index (χ1) is 19.9.